The molecule has 0 fully saturated rings. The van der Waals surface area contributed by atoms with E-state index in [1.165, 1.54) is 9.13 Å². The molecule has 0 spiro atoms. The molecule has 2 heteroatoms. The highest BCUT2D eigenvalue weighted by Crippen LogP contribution is 2.36. The largest absolute Gasteiger partial charge is 0.193 e. The third kappa shape index (κ3) is 2.54. The van der Waals surface area contributed by atoms with Crippen LogP contribution in [0, 0.1) is 21.8 Å². The van der Waals surface area contributed by atoms with E-state index in [1.54, 1.807) is 0 Å². The minimum absolute atomic E-state index is 0.758. The lowest BCUT2D eigenvalue weighted by molar-refractivity contribution is 1.39. The summed E-state index contributed by atoms with van der Waals surface area (Å²) in [4.78, 5) is 0. The van der Waals surface area contributed by atoms with Crippen LogP contribution in [0.5, 0.6) is 0 Å². The van der Waals surface area contributed by atoms with Gasteiger partial charge in [0.2, 0.25) is 0 Å². The molecule has 0 aromatic heterocycles. The van der Waals surface area contributed by atoms with E-state index in [-0.39, 0.29) is 0 Å². The van der Waals surface area contributed by atoms with E-state index >= 15 is 0 Å². The molecule has 0 unspecified atom stereocenters. The average molecular weight is 383 g/mol. The van der Waals surface area contributed by atoms with Crippen molar-refractivity contribution >= 4 is 40.3 Å². The fourth-order valence-corrected chi connectivity index (χ4v) is 3.20. The molecule has 0 saturated heterocycles. The molecule has 0 bridgehead atoms. The van der Waals surface area contributed by atoms with E-state index in [0.29, 0.717) is 0 Å². The lowest BCUT2D eigenvalue weighted by Crippen LogP contribution is -1.96. The van der Waals surface area contributed by atoms with Gasteiger partial charge in [0.15, 0.2) is 0 Å². The molecule has 1 nitrogen and oxygen atoms in total. The number of benzene rings is 2. The fourth-order valence-electron chi connectivity index (χ4n) is 2.71. The Kier molecular flexibility index (Phi) is 3.69. The summed E-state index contributed by atoms with van der Waals surface area (Å²) in [5.74, 6) is 0. The van der Waals surface area contributed by atoms with E-state index in [0.717, 1.165) is 33.4 Å². The molecule has 1 aliphatic carbocycles. The molecule has 0 saturated carbocycles. The van der Waals surface area contributed by atoms with Crippen molar-refractivity contribution in [2.24, 2.45) is 0 Å². The summed E-state index contributed by atoms with van der Waals surface area (Å²) in [6.45, 7) is 3.99. The average Bonchev–Trinajstić information content (AvgIpc) is 2.62. The minimum atomic E-state index is 0.758. The number of hydrogen-bond acceptors (Lipinski definition) is 1. The van der Waals surface area contributed by atoms with Crippen molar-refractivity contribution in [1.82, 2.24) is 0 Å². The van der Waals surface area contributed by atoms with E-state index in [2.05, 4.69) is 84.1 Å². The van der Waals surface area contributed by atoms with E-state index < -0.39 is 0 Å². The van der Waals surface area contributed by atoms with Gasteiger partial charge in [0.25, 0.3) is 0 Å². The van der Waals surface area contributed by atoms with Crippen LogP contribution in [0.15, 0.2) is 42.0 Å². The van der Waals surface area contributed by atoms with Gasteiger partial charge < -0.3 is 0 Å². The first-order chi connectivity index (χ1) is 10.1. The van der Waals surface area contributed by atoms with Crippen LogP contribution in [0.4, 0.5) is 0 Å². The van der Waals surface area contributed by atoms with Crippen molar-refractivity contribution in [3.63, 3.8) is 0 Å². The van der Waals surface area contributed by atoms with Crippen LogP contribution >= 0.6 is 22.6 Å². The Labute approximate surface area is 138 Å². The quantitative estimate of drug-likeness (QED) is 0.375. The molecule has 102 valence electrons. The number of allylic oxidation sites excluding steroid dienone is 1. The topological polar surface area (TPSA) is 23.8 Å². The molecular formula is C19H14IN. The number of halogens is 1. The maximum Gasteiger partial charge on any atom is 0.0950 e. The number of fused-ring (bicyclic) bond motifs is 2. The normalized spacial score (nSPS) is 14.8. The minimum Gasteiger partial charge on any atom is -0.193 e. The van der Waals surface area contributed by atoms with Crippen molar-refractivity contribution in [3.05, 3.63) is 73.4 Å². The van der Waals surface area contributed by atoms with Gasteiger partial charge in [0, 0.05) is 14.7 Å². The van der Waals surface area contributed by atoms with Crippen LogP contribution in [0.1, 0.15) is 34.7 Å². The zero-order valence-corrected chi connectivity index (χ0v) is 14.1. The van der Waals surface area contributed by atoms with Crippen LogP contribution in [0.2, 0.25) is 0 Å². The Morgan fingerprint density at radius 1 is 1.00 bits per heavy atom. The third-order valence-corrected chi connectivity index (χ3v) is 4.42. The molecule has 1 aliphatic rings. The Hall–Kier alpha value is -1.86. The monoisotopic (exact) mass is 383 g/mol. The second kappa shape index (κ2) is 5.50. The van der Waals surface area contributed by atoms with E-state index in [1.807, 2.05) is 6.92 Å². The van der Waals surface area contributed by atoms with Gasteiger partial charge in [-0.15, -0.1) is 0 Å². The molecule has 0 N–H and O–H groups in total. The van der Waals surface area contributed by atoms with Crippen molar-refractivity contribution in [2.75, 3.05) is 0 Å². The van der Waals surface area contributed by atoms with Crippen molar-refractivity contribution < 1.29 is 0 Å². The molecule has 0 amide bonds. The summed E-state index contributed by atoms with van der Waals surface area (Å²) in [5, 5.41) is 9.44. The lowest BCUT2D eigenvalue weighted by Gasteiger charge is -2.14. The van der Waals surface area contributed by atoms with Gasteiger partial charge in [0.1, 0.15) is 0 Å². The summed E-state index contributed by atoms with van der Waals surface area (Å²) < 4.78 is 1.18. The molecule has 3 rings (SSSR count). The molecule has 0 atom stereocenters. The highest BCUT2D eigenvalue weighted by Gasteiger charge is 2.18. The molecule has 2 aromatic rings. The van der Waals surface area contributed by atoms with Crippen LogP contribution in [0.25, 0.3) is 17.7 Å². The van der Waals surface area contributed by atoms with Gasteiger partial charge in [-0.2, -0.15) is 5.26 Å². The maximum atomic E-state index is 9.44. The van der Waals surface area contributed by atoms with Gasteiger partial charge in [-0.25, -0.2) is 0 Å². The first kappa shape index (κ1) is 14.1. The second-order valence-corrected chi connectivity index (χ2v) is 6.51. The van der Waals surface area contributed by atoms with Crippen molar-refractivity contribution in [3.8, 4) is 6.07 Å². The van der Waals surface area contributed by atoms with Crippen molar-refractivity contribution in [2.45, 2.75) is 13.8 Å². The third-order valence-electron chi connectivity index (χ3n) is 3.75. The predicted molar refractivity (Wildman–Crippen MR) is 96.6 cm³/mol. The number of aryl methyl sites for hydroxylation is 1. The summed E-state index contributed by atoms with van der Waals surface area (Å²) >= 11 is 2.32. The molecule has 0 heterocycles. The zero-order chi connectivity index (χ0) is 15.0. The van der Waals surface area contributed by atoms with Crippen LogP contribution in [0.3, 0.4) is 0 Å². The molecule has 2 aromatic carbocycles. The summed E-state index contributed by atoms with van der Waals surface area (Å²) in [6, 6.07) is 15.1. The van der Waals surface area contributed by atoms with E-state index in [4.69, 9.17) is 0 Å². The number of rotatable bonds is 0. The Morgan fingerprint density at radius 3 is 2.29 bits per heavy atom. The number of nitrogens with zero attached hydrogens (tertiary/aromatic N) is 1. The molecule has 21 heavy (non-hydrogen) atoms. The van der Waals surface area contributed by atoms with Gasteiger partial charge in [-0.1, -0.05) is 42.0 Å². The zero-order valence-electron chi connectivity index (χ0n) is 11.9. The molecule has 0 radical (unpaired) electrons. The first-order valence-electron chi connectivity index (χ1n) is 6.80. The van der Waals surface area contributed by atoms with Gasteiger partial charge in [-0.05, 0) is 70.8 Å². The highest BCUT2D eigenvalue weighted by molar-refractivity contribution is 14.1. The smallest absolute Gasteiger partial charge is 0.0950 e. The Morgan fingerprint density at radius 2 is 1.62 bits per heavy atom. The standard InChI is InChI=1S/C19H14IN/c1-12-3-4-14-5-6-15-7-8-16(20)10-18(15)19(13(2)11-21)17(14)9-12/h3-10H,1-2H3/b19-13-. The van der Waals surface area contributed by atoms with Crippen LogP contribution < -0.4 is 0 Å². The van der Waals surface area contributed by atoms with Crippen LogP contribution in [-0.4, -0.2) is 0 Å². The summed E-state index contributed by atoms with van der Waals surface area (Å²) in [5.41, 5.74) is 7.63. The predicted octanol–water partition coefficient (Wildman–Crippen LogP) is 5.43. The second-order valence-electron chi connectivity index (χ2n) is 5.27. The van der Waals surface area contributed by atoms with Gasteiger partial charge in [0.05, 0.1) is 6.07 Å². The lowest BCUT2D eigenvalue weighted by atomic mass is 9.89. The van der Waals surface area contributed by atoms with Crippen molar-refractivity contribution in [1.29, 1.82) is 5.26 Å². The summed E-state index contributed by atoms with van der Waals surface area (Å²) in [7, 11) is 0. The first-order valence-corrected chi connectivity index (χ1v) is 7.88. The summed E-state index contributed by atoms with van der Waals surface area (Å²) in [6.07, 6.45) is 4.27. The fraction of sp³-hybridized carbons (Fsp3) is 0.105. The SMILES string of the molecule is C/C(C#N)=C1\c2cc(C)ccc2C=Cc2ccc(I)cc21. The molecule has 0 aliphatic heterocycles. The Bertz CT molecular complexity index is 778. The maximum absolute atomic E-state index is 9.44. The van der Waals surface area contributed by atoms with Crippen LogP contribution in [-0.2, 0) is 0 Å². The van der Waals surface area contributed by atoms with Gasteiger partial charge in [-0.3, -0.25) is 0 Å². The Balaban J connectivity index is 2.43. The van der Waals surface area contributed by atoms with Gasteiger partial charge >= 0.3 is 0 Å². The highest BCUT2D eigenvalue weighted by atomic mass is 127. The molecular weight excluding hydrogens is 369 g/mol. The van der Waals surface area contributed by atoms with E-state index in [9.17, 15) is 5.26 Å². The number of hydrogen-bond donors (Lipinski definition) is 0. The number of nitriles is 1.